The van der Waals surface area contributed by atoms with E-state index < -0.39 is 5.60 Å². The van der Waals surface area contributed by atoms with Crippen LogP contribution in [0.1, 0.15) is 38.4 Å². The highest BCUT2D eigenvalue weighted by molar-refractivity contribution is 5.72. The van der Waals surface area contributed by atoms with Crippen LogP contribution in [0.25, 0.3) is 11.0 Å². The number of ether oxygens (including phenoxy) is 1. The van der Waals surface area contributed by atoms with E-state index in [1.165, 1.54) is 0 Å². The van der Waals surface area contributed by atoms with E-state index in [1.54, 1.807) is 17.9 Å². The van der Waals surface area contributed by atoms with Crippen LogP contribution in [0.2, 0.25) is 0 Å². The molecule has 4 rings (SSSR count). The summed E-state index contributed by atoms with van der Waals surface area (Å²) < 4.78 is 7.67. The van der Waals surface area contributed by atoms with Crippen molar-refractivity contribution in [1.29, 1.82) is 0 Å². The van der Waals surface area contributed by atoms with Gasteiger partial charge >= 0.3 is 0 Å². The molecule has 25 heavy (non-hydrogen) atoms. The molecule has 4 heterocycles. The monoisotopic (exact) mass is 347 g/mol. The maximum Gasteiger partial charge on any atom is 0.262 e. The number of aromatic nitrogens is 4. The Morgan fingerprint density at radius 1 is 1.36 bits per heavy atom. The van der Waals surface area contributed by atoms with E-state index in [0.717, 1.165) is 25.9 Å². The molecular formula is C17H25N5O3. The van der Waals surface area contributed by atoms with Gasteiger partial charge in [0, 0.05) is 26.6 Å². The third kappa shape index (κ3) is 3.21. The SMILES string of the molecule is Cn1ncc2c(=O)[nH]c(CN3CCC4(CC3)CC(C)(O)CCO4)nc21. The molecule has 8 nitrogen and oxygen atoms in total. The van der Waals surface area contributed by atoms with Crippen molar-refractivity contribution in [3.63, 3.8) is 0 Å². The molecule has 136 valence electrons. The molecule has 2 saturated heterocycles. The van der Waals surface area contributed by atoms with Gasteiger partial charge in [0.1, 0.15) is 11.2 Å². The summed E-state index contributed by atoms with van der Waals surface area (Å²) >= 11 is 0. The second-order valence-corrected chi connectivity index (χ2v) is 7.75. The number of aliphatic hydroxyl groups is 1. The number of aromatic amines is 1. The van der Waals surface area contributed by atoms with E-state index in [-0.39, 0.29) is 11.2 Å². The molecule has 0 amide bonds. The Bertz CT molecular complexity index is 832. The van der Waals surface area contributed by atoms with Crippen molar-refractivity contribution in [2.75, 3.05) is 19.7 Å². The molecule has 0 radical (unpaired) electrons. The maximum atomic E-state index is 12.2. The van der Waals surface area contributed by atoms with E-state index in [0.29, 0.717) is 42.9 Å². The molecule has 0 bridgehead atoms. The van der Waals surface area contributed by atoms with Gasteiger partial charge in [0.05, 0.1) is 30.6 Å². The Morgan fingerprint density at radius 3 is 2.84 bits per heavy atom. The number of piperidine rings is 1. The standard InChI is InChI=1S/C17H25N5O3/c1-16(24)5-8-25-17(11-16)3-6-22(7-4-17)10-13-19-14-12(15(23)20-13)9-18-21(14)2/h9,24H,3-8,10-11H2,1-2H3,(H,19,20,23). The first kappa shape index (κ1) is 16.7. The highest BCUT2D eigenvalue weighted by Crippen LogP contribution is 2.39. The number of nitrogens with zero attached hydrogens (tertiary/aromatic N) is 4. The maximum absolute atomic E-state index is 12.2. The molecule has 8 heteroatoms. The second kappa shape index (κ2) is 5.89. The molecule has 2 aromatic rings. The van der Waals surface area contributed by atoms with E-state index >= 15 is 0 Å². The summed E-state index contributed by atoms with van der Waals surface area (Å²) in [6, 6.07) is 0. The van der Waals surface area contributed by atoms with Crippen molar-refractivity contribution in [2.45, 2.75) is 50.4 Å². The number of rotatable bonds is 2. The number of hydrogen-bond donors (Lipinski definition) is 2. The van der Waals surface area contributed by atoms with Gasteiger partial charge in [-0.15, -0.1) is 0 Å². The van der Waals surface area contributed by atoms with Crippen LogP contribution in [0.3, 0.4) is 0 Å². The molecule has 0 aromatic carbocycles. The van der Waals surface area contributed by atoms with E-state index in [9.17, 15) is 9.90 Å². The minimum Gasteiger partial charge on any atom is -0.390 e. The van der Waals surface area contributed by atoms with Gasteiger partial charge in [-0.3, -0.25) is 14.4 Å². The average Bonchev–Trinajstić information content (AvgIpc) is 2.91. The molecule has 2 aliphatic rings. The van der Waals surface area contributed by atoms with Crippen LogP contribution in [0, 0.1) is 0 Å². The van der Waals surface area contributed by atoms with Crippen molar-refractivity contribution in [3.8, 4) is 0 Å². The van der Waals surface area contributed by atoms with Crippen LogP contribution in [0.15, 0.2) is 11.0 Å². The quantitative estimate of drug-likeness (QED) is 0.824. The highest BCUT2D eigenvalue weighted by atomic mass is 16.5. The molecule has 2 fully saturated rings. The Labute approximate surface area is 145 Å². The van der Waals surface area contributed by atoms with E-state index in [1.807, 2.05) is 6.92 Å². The minimum absolute atomic E-state index is 0.145. The average molecular weight is 347 g/mol. The summed E-state index contributed by atoms with van der Waals surface area (Å²) in [5, 5.41) is 15.0. The Kier molecular flexibility index (Phi) is 3.93. The zero-order valence-corrected chi connectivity index (χ0v) is 14.8. The first-order valence-corrected chi connectivity index (χ1v) is 8.86. The van der Waals surface area contributed by atoms with Crippen molar-refractivity contribution >= 4 is 11.0 Å². The van der Waals surface area contributed by atoms with E-state index in [4.69, 9.17) is 4.74 Å². The first-order valence-electron chi connectivity index (χ1n) is 8.86. The molecule has 0 saturated carbocycles. The lowest BCUT2D eigenvalue weighted by molar-refractivity contribution is -0.173. The number of likely N-dealkylation sites (tertiary alicyclic amines) is 1. The van der Waals surface area contributed by atoms with E-state index in [2.05, 4.69) is 20.0 Å². The van der Waals surface area contributed by atoms with Gasteiger partial charge in [-0.2, -0.15) is 5.10 Å². The van der Waals surface area contributed by atoms with Crippen molar-refractivity contribution in [1.82, 2.24) is 24.6 Å². The summed E-state index contributed by atoms with van der Waals surface area (Å²) in [6.45, 7) is 4.86. The molecule has 1 unspecified atom stereocenters. The smallest absolute Gasteiger partial charge is 0.262 e. The van der Waals surface area contributed by atoms with Gasteiger partial charge in [0.15, 0.2) is 5.65 Å². The Balaban J connectivity index is 1.45. The third-order valence-corrected chi connectivity index (χ3v) is 5.54. The van der Waals surface area contributed by atoms with Crippen LogP contribution < -0.4 is 5.56 Å². The Morgan fingerprint density at radius 2 is 2.12 bits per heavy atom. The zero-order valence-electron chi connectivity index (χ0n) is 14.8. The van der Waals surface area contributed by atoms with Crippen LogP contribution in [-0.2, 0) is 18.3 Å². The number of H-pyrrole nitrogens is 1. The molecule has 1 spiro atoms. The number of hydrogen-bond acceptors (Lipinski definition) is 6. The zero-order chi connectivity index (χ0) is 17.7. The molecular weight excluding hydrogens is 322 g/mol. The lowest BCUT2D eigenvalue weighted by atomic mass is 9.78. The van der Waals surface area contributed by atoms with Gasteiger partial charge in [-0.1, -0.05) is 0 Å². The largest absolute Gasteiger partial charge is 0.390 e. The topological polar surface area (TPSA) is 96.3 Å². The molecule has 2 aromatic heterocycles. The van der Waals surface area contributed by atoms with Crippen molar-refractivity contribution < 1.29 is 9.84 Å². The fourth-order valence-corrected chi connectivity index (χ4v) is 4.13. The summed E-state index contributed by atoms with van der Waals surface area (Å²) in [5.74, 6) is 0.661. The van der Waals surface area contributed by atoms with Crippen LogP contribution in [0.4, 0.5) is 0 Å². The van der Waals surface area contributed by atoms with Crippen molar-refractivity contribution in [2.24, 2.45) is 7.05 Å². The van der Waals surface area contributed by atoms with Crippen LogP contribution in [0.5, 0.6) is 0 Å². The van der Waals surface area contributed by atoms with Gasteiger partial charge in [0.25, 0.3) is 5.56 Å². The predicted molar refractivity (Wildman–Crippen MR) is 92.2 cm³/mol. The molecule has 0 aliphatic carbocycles. The molecule has 1 atom stereocenters. The minimum atomic E-state index is -0.627. The summed E-state index contributed by atoms with van der Waals surface area (Å²) in [4.78, 5) is 21.8. The van der Waals surface area contributed by atoms with Gasteiger partial charge in [-0.05, 0) is 26.2 Å². The highest BCUT2D eigenvalue weighted by Gasteiger charge is 2.44. The lowest BCUT2D eigenvalue weighted by Gasteiger charge is -2.48. The Hall–Kier alpha value is -1.77. The molecule has 2 N–H and O–H groups in total. The normalized spacial score (nSPS) is 27.2. The lowest BCUT2D eigenvalue weighted by Crippen LogP contribution is -2.53. The van der Waals surface area contributed by atoms with Crippen molar-refractivity contribution in [3.05, 3.63) is 22.4 Å². The van der Waals surface area contributed by atoms with Gasteiger partial charge < -0.3 is 14.8 Å². The number of aryl methyl sites for hydroxylation is 1. The van der Waals surface area contributed by atoms with Crippen LogP contribution in [-0.4, -0.2) is 60.7 Å². The summed E-state index contributed by atoms with van der Waals surface area (Å²) in [6.07, 6.45) is 4.73. The number of fused-ring (bicyclic) bond motifs is 1. The fraction of sp³-hybridized carbons (Fsp3) is 0.706. The predicted octanol–water partition coefficient (Wildman–Crippen LogP) is 0.553. The van der Waals surface area contributed by atoms with Gasteiger partial charge in [-0.25, -0.2) is 4.98 Å². The fourth-order valence-electron chi connectivity index (χ4n) is 4.13. The second-order valence-electron chi connectivity index (χ2n) is 7.75. The summed E-state index contributed by atoms with van der Waals surface area (Å²) in [7, 11) is 1.79. The number of nitrogens with one attached hydrogen (secondary N) is 1. The summed E-state index contributed by atoms with van der Waals surface area (Å²) in [5.41, 5.74) is -0.366. The third-order valence-electron chi connectivity index (χ3n) is 5.54. The van der Waals surface area contributed by atoms with Gasteiger partial charge in [0.2, 0.25) is 0 Å². The first-order chi connectivity index (χ1) is 11.9. The molecule has 2 aliphatic heterocycles. The van der Waals surface area contributed by atoms with Crippen LogP contribution >= 0.6 is 0 Å².